The first-order valence-electron chi connectivity index (χ1n) is 6.60. The Kier molecular flexibility index (Phi) is 4.76. The lowest BCUT2D eigenvalue weighted by Crippen LogP contribution is -2.29. The maximum Gasteiger partial charge on any atom is 0.170 e. The van der Waals surface area contributed by atoms with Gasteiger partial charge in [-0.05, 0) is 25.0 Å². The van der Waals surface area contributed by atoms with Crippen LogP contribution in [-0.4, -0.2) is 41.7 Å². The van der Waals surface area contributed by atoms with Crippen molar-refractivity contribution in [3.8, 4) is 0 Å². The fourth-order valence-corrected chi connectivity index (χ4v) is 2.37. The van der Waals surface area contributed by atoms with Crippen molar-refractivity contribution in [3.05, 3.63) is 35.4 Å². The molecule has 1 saturated heterocycles. The first-order valence-corrected chi connectivity index (χ1v) is 6.60. The normalized spacial score (nSPS) is 22.2. The third-order valence-corrected chi connectivity index (χ3v) is 3.27. The zero-order chi connectivity index (χ0) is 13.7. The van der Waals surface area contributed by atoms with Crippen LogP contribution in [0.2, 0.25) is 0 Å². The van der Waals surface area contributed by atoms with Crippen molar-refractivity contribution in [3.63, 3.8) is 0 Å². The number of rotatable bonds is 3. The molecule has 5 heteroatoms. The third-order valence-electron chi connectivity index (χ3n) is 3.27. The van der Waals surface area contributed by atoms with Crippen molar-refractivity contribution < 1.29 is 9.94 Å². The minimum absolute atomic E-state index is 0.148. The number of hydrogen-bond donors (Lipinski definition) is 2. The van der Waals surface area contributed by atoms with E-state index >= 15 is 0 Å². The molecule has 0 bridgehead atoms. The summed E-state index contributed by atoms with van der Waals surface area (Å²) >= 11 is 0. The lowest BCUT2D eigenvalue weighted by Gasteiger charge is -2.21. The summed E-state index contributed by atoms with van der Waals surface area (Å²) in [4.78, 5) is 2.38. The Labute approximate surface area is 113 Å². The van der Waals surface area contributed by atoms with Crippen LogP contribution in [-0.2, 0) is 11.3 Å². The monoisotopic (exact) mass is 263 g/mol. The van der Waals surface area contributed by atoms with Gasteiger partial charge in [0.15, 0.2) is 5.84 Å². The molecular weight excluding hydrogens is 242 g/mol. The Bertz CT molecular complexity index is 448. The molecule has 3 N–H and O–H groups in total. The number of nitrogens with two attached hydrogens (primary N) is 1. The molecule has 1 aromatic carbocycles. The van der Waals surface area contributed by atoms with Gasteiger partial charge in [0.2, 0.25) is 0 Å². The van der Waals surface area contributed by atoms with Gasteiger partial charge in [0.05, 0.1) is 6.10 Å². The topological polar surface area (TPSA) is 71.1 Å². The average Bonchev–Trinajstić information content (AvgIpc) is 2.62. The van der Waals surface area contributed by atoms with Gasteiger partial charge in [-0.15, -0.1) is 0 Å². The minimum Gasteiger partial charge on any atom is -0.409 e. The highest BCUT2D eigenvalue weighted by atomic mass is 16.5. The Balaban J connectivity index is 2.05. The van der Waals surface area contributed by atoms with Crippen LogP contribution >= 0.6 is 0 Å². The van der Waals surface area contributed by atoms with Crippen molar-refractivity contribution in [1.82, 2.24) is 4.90 Å². The summed E-state index contributed by atoms with van der Waals surface area (Å²) in [6.45, 7) is 5.78. The van der Waals surface area contributed by atoms with Gasteiger partial charge >= 0.3 is 0 Å². The Hall–Kier alpha value is -1.59. The van der Waals surface area contributed by atoms with E-state index in [-0.39, 0.29) is 11.9 Å². The number of benzene rings is 1. The molecule has 104 valence electrons. The number of oxime groups is 1. The largest absolute Gasteiger partial charge is 0.409 e. The van der Waals surface area contributed by atoms with E-state index in [1.54, 1.807) is 0 Å². The van der Waals surface area contributed by atoms with Crippen molar-refractivity contribution in [2.45, 2.75) is 26.0 Å². The quantitative estimate of drug-likeness (QED) is 0.374. The van der Waals surface area contributed by atoms with E-state index in [2.05, 4.69) is 23.0 Å². The molecule has 1 fully saturated rings. The van der Waals surface area contributed by atoms with E-state index in [0.29, 0.717) is 0 Å². The van der Waals surface area contributed by atoms with Crippen LogP contribution in [0.5, 0.6) is 0 Å². The summed E-state index contributed by atoms with van der Waals surface area (Å²) in [6, 6.07) is 7.79. The summed E-state index contributed by atoms with van der Waals surface area (Å²) in [5, 5.41) is 11.7. The fourth-order valence-electron chi connectivity index (χ4n) is 2.37. The third kappa shape index (κ3) is 3.94. The molecule has 1 aliphatic heterocycles. The number of hydrogen-bond acceptors (Lipinski definition) is 4. The van der Waals surface area contributed by atoms with E-state index < -0.39 is 0 Å². The lowest BCUT2D eigenvalue weighted by atomic mass is 10.1. The molecular formula is C14H21N3O2. The second kappa shape index (κ2) is 6.54. The predicted octanol–water partition coefficient (Wildman–Crippen LogP) is 1.39. The van der Waals surface area contributed by atoms with Gasteiger partial charge < -0.3 is 15.7 Å². The number of amidine groups is 1. The molecule has 1 atom stereocenters. The van der Waals surface area contributed by atoms with Crippen LogP contribution in [0.25, 0.3) is 0 Å². The van der Waals surface area contributed by atoms with E-state index in [1.807, 2.05) is 18.2 Å². The first kappa shape index (κ1) is 13.8. The van der Waals surface area contributed by atoms with Crippen molar-refractivity contribution in [1.29, 1.82) is 0 Å². The van der Waals surface area contributed by atoms with Gasteiger partial charge in [0.25, 0.3) is 0 Å². The molecule has 2 rings (SSSR count). The fraction of sp³-hybridized carbons (Fsp3) is 0.500. The SMILES string of the molecule is CC1CN(Cc2cccc(/C(N)=N/O)c2)CCCO1. The maximum absolute atomic E-state index is 8.71. The Morgan fingerprint density at radius 1 is 1.58 bits per heavy atom. The van der Waals surface area contributed by atoms with Crippen molar-refractivity contribution in [2.24, 2.45) is 10.9 Å². The smallest absolute Gasteiger partial charge is 0.170 e. The summed E-state index contributed by atoms with van der Waals surface area (Å²) in [5.74, 6) is 0.148. The molecule has 0 amide bonds. The van der Waals surface area contributed by atoms with Crippen LogP contribution in [0.15, 0.2) is 29.4 Å². The van der Waals surface area contributed by atoms with E-state index in [1.165, 1.54) is 5.56 Å². The average molecular weight is 263 g/mol. The van der Waals surface area contributed by atoms with Crippen LogP contribution < -0.4 is 5.73 Å². The van der Waals surface area contributed by atoms with Gasteiger partial charge in [0, 0.05) is 31.8 Å². The Morgan fingerprint density at radius 3 is 3.21 bits per heavy atom. The van der Waals surface area contributed by atoms with E-state index in [0.717, 1.165) is 38.2 Å². The van der Waals surface area contributed by atoms with Crippen LogP contribution in [0.3, 0.4) is 0 Å². The Morgan fingerprint density at radius 2 is 2.42 bits per heavy atom. The molecule has 0 saturated carbocycles. The van der Waals surface area contributed by atoms with Gasteiger partial charge in [-0.2, -0.15) is 0 Å². The summed E-state index contributed by atoms with van der Waals surface area (Å²) in [5.41, 5.74) is 7.52. The molecule has 0 spiro atoms. The van der Waals surface area contributed by atoms with Crippen LogP contribution in [0, 0.1) is 0 Å². The molecule has 5 nitrogen and oxygen atoms in total. The highest BCUT2D eigenvalue weighted by Crippen LogP contribution is 2.12. The molecule has 0 radical (unpaired) electrons. The van der Waals surface area contributed by atoms with Crippen LogP contribution in [0.4, 0.5) is 0 Å². The van der Waals surface area contributed by atoms with E-state index in [9.17, 15) is 0 Å². The van der Waals surface area contributed by atoms with Gasteiger partial charge in [-0.3, -0.25) is 4.90 Å². The van der Waals surface area contributed by atoms with E-state index in [4.69, 9.17) is 15.7 Å². The van der Waals surface area contributed by atoms with Gasteiger partial charge in [0.1, 0.15) is 0 Å². The minimum atomic E-state index is 0.148. The summed E-state index contributed by atoms with van der Waals surface area (Å²) in [6.07, 6.45) is 1.33. The molecule has 0 aromatic heterocycles. The summed E-state index contributed by atoms with van der Waals surface area (Å²) < 4.78 is 5.64. The molecule has 1 heterocycles. The molecule has 0 aliphatic carbocycles. The lowest BCUT2D eigenvalue weighted by molar-refractivity contribution is 0.0668. The highest BCUT2D eigenvalue weighted by molar-refractivity contribution is 5.97. The zero-order valence-electron chi connectivity index (χ0n) is 11.2. The molecule has 19 heavy (non-hydrogen) atoms. The van der Waals surface area contributed by atoms with Crippen LogP contribution in [0.1, 0.15) is 24.5 Å². The molecule has 1 aromatic rings. The standard InChI is InChI=1S/C14H21N3O2/c1-11-9-17(6-3-7-19-11)10-12-4-2-5-13(8-12)14(15)16-18/h2,4-5,8,11,18H,3,6-7,9-10H2,1H3,(H2,15,16). The maximum atomic E-state index is 8.71. The van der Waals surface area contributed by atoms with Gasteiger partial charge in [-0.25, -0.2) is 0 Å². The molecule has 1 unspecified atom stereocenters. The second-order valence-corrected chi connectivity index (χ2v) is 4.96. The zero-order valence-corrected chi connectivity index (χ0v) is 11.2. The second-order valence-electron chi connectivity index (χ2n) is 4.96. The van der Waals surface area contributed by atoms with Gasteiger partial charge in [-0.1, -0.05) is 23.4 Å². The predicted molar refractivity (Wildman–Crippen MR) is 74.3 cm³/mol. The summed E-state index contributed by atoms with van der Waals surface area (Å²) in [7, 11) is 0. The molecule has 1 aliphatic rings. The number of nitrogens with zero attached hydrogens (tertiary/aromatic N) is 2. The van der Waals surface area contributed by atoms with Crippen molar-refractivity contribution in [2.75, 3.05) is 19.7 Å². The first-order chi connectivity index (χ1) is 9.19. The van der Waals surface area contributed by atoms with Crippen molar-refractivity contribution >= 4 is 5.84 Å². The number of ether oxygens (including phenoxy) is 1. The highest BCUT2D eigenvalue weighted by Gasteiger charge is 2.15.